The zero-order valence-electron chi connectivity index (χ0n) is 12.2. The molecule has 0 heterocycles. The Balaban J connectivity index is 1.80. The Kier molecular flexibility index (Phi) is 3.79. The van der Waals surface area contributed by atoms with E-state index in [0.717, 1.165) is 22.3 Å². The monoisotopic (exact) mass is 292 g/mol. The molecular formula is C19H16O3. The van der Waals surface area contributed by atoms with E-state index in [2.05, 4.69) is 6.07 Å². The van der Waals surface area contributed by atoms with Crippen LogP contribution in [-0.2, 0) is 6.61 Å². The van der Waals surface area contributed by atoms with Gasteiger partial charge in [0.15, 0.2) is 0 Å². The van der Waals surface area contributed by atoms with Crippen LogP contribution in [0.25, 0.3) is 10.8 Å². The standard InChI is InChI=1S/C19H16O3/c1-13-8-14(10-17(9-13)19(20)21)12-22-18-7-6-15-4-2-3-5-16(15)11-18/h2-11H,12H2,1H3,(H,20,21). The van der Waals surface area contributed by atoms with Crippen LogP contribution in [0.5, 0.6) is 5.75 Å². The molecule has 0 radical (unpaired) electrons. The van der Waals surface area contributed by atoms with Gasteiger partial charge >= 0.3 is 5.97 Å². The Morgan fingerprint density at radius 2 is 1.77 bits per heavy atom. The molecule has 0 unspecified atom stereocenters. The van der Waals surface area contributed by atoms with Gasteiger partial charge in [-0.2, -0.15) is 0 Å². The van der Waals surface area contributed by atoms with Crippen molar-refractivity contribution in [1.29, 1.82) is 0 Å². The quantitative estimate of drug-likeness (QED) is 0.774. The third-order valence-electron chi connectivity index (χ3n) is 3.51. The number of hydrogen-bond acceptors (Lipinski definition) is 2. The van der Waals surface area contributed by atoms with Crippen LogP contribution >= 0.6 is 0 Å². The summed E-state index contributed by atoms with van der Waals surface area (Å²) in [5.74, 6) is -0.146. The van der Waals surface area contributed by atoms with Crippen molar-refractivity contribution < 1.29 is 14.6 Å². The van der Waals surface area contributed by atoms with Crippen molar-refractivity contribution in [2.24, 2.45) is 0 Å². The van der Waals surface area contributed by atoms with Crippen molar-refractivity contribution in [1.82, 2.24) is 0 Å². The number of rotatable bonds is 4. The van der Waals surface area contributed by atoms with Crippen LogP contribution in [0.15, 0.2) is 60.7 Å². The lowest BCUT2D eigenvalue weighted by molar-refractivity contribution is 0.0696. The Morgan fingerprint density at radius 1 is 1.00 bits per heavy atom. The minimum Gasteiger partial charge on any atom is -0.489 e. The number of ether oxygens (including phenoxy) is 1. The SMILES string of the molecule is Cc1cc(COc2ccc3ccccc3c2)cc(C(=O)O)c1. The lowest BCUT2D eigenvalue weighted by atomic mass is 10.1. The molecule has 0 atom stereocenters. The molecule has 110 valence electrons. The van der Waals surface area contributed by atoms with Gasteiger partial charge in [-0.15, -0.1) is 0 Å². The second-order valence-electron chi connectivity index (χ2n) is 5.31. The first-order valence-electron chi connectivity index (χ1n) is 7.07. The molecule has 0 aliphatic carbocycles. The van der Waals surface area contributed by atoms with E-state index in [1.807, 2.05) is 49.4 Å². The maximum absolute atomic E-state index is 11.1. The number of carboxylic acid groups (broad SMARTS) is 1. The first-order valence-corrected chi connectivity index (χ1v) is 7.07. The molecule has 0 saturated carbocycles. The smallest absolute Gasteiger partial charge is 0.335 e. The van der Waals surface area contributed by atoms with Crippen LogP contribution in [0.1, 0.15) is 21.5 Å². The van der Waals surface area contributed by atoms with Crippen molar-refractivity contribution in [2.75, 3.05) is 0 Å². The molecule has 0 amide bonds. The summed E-state index contributed by atoms with van der Waals surface area (Å²) < 4.78 is 5.80. The Labute approximate surface area is 128 Å². The van der Waals surface area contributed by atoms with E-state index in [1.54, 1.807) is 12.1 Å². The van der Waals surface area contributed by atoms with E-state index in [1.165, 1.54) is 5.39 Å². The maximum Gasteiger partial charge on any atom is 0.335 e. The van der Waals surface area contributed by atoms with Crippen LogP contribution < -0.4 is 4.74 Å². The predicted octanol–water partition coefficient (Wildman–Crippen LogP) is 4.43. The Bertz CT molecular complexity index is 837. The summed E-state index contributed by atoms with van der Waals surface area (Å²) >= 11 is 0. The second kappa shape index (κ2) is 5.90. The molecule has 0 fully saturated rings. The second-order valence-corrected chi connectivity index (χ2v) is 5.31. The number of aryl methyl sites for hydroxylation is 1. The van der Waals surface area contributed by atoms with E-state index in [4.69, 9.17) is 9.84 Å². The summed E-state index contributed by atoms with van der Waals surface area (Å²) in [5.41, 5.74) is 2.06. The predicted molar refractivity (Wildman–Crippen MR) is 86.4 cm³/mol. The van der Waals surface area contributed by atoms with E-state index in [0.29, 0.717) is 6.61 Å². The fourth-order valence-corrected chi connectivity index (χ4v) is 2.49. The molecule has 0 aliphatic heterocycles. The minimum atomic E-state index is -0.921. The molecule has 3 heteroatoms. The number of aromatic carboxylic acids is 1. The van der Waals surface area contributed by atoms with Crippen LogP contribution in [0, 0.1) is 6.92 Å². The summed E-state index contributed by atoms with van der Waals surface area (Å²) in [7, 11) is 0. The summed E-state index contributed by atoms with van der Waals surface area (Å²) in [6, 6.07) is 19.3. The normalized spacial score (nSPS) is 10.6. The zero-order valence-corrected chi connectivity index (χ0v) is 12.2. The molecule has 3 aromatic rings. The molecule has 0 bridgehead atoms. The highest BCUT2D eigenvalue weighted by Crippen LogP contribution is 2.21. The topological polar surface area (TPSA) is 46.5 Å². The highest BCUT2D eigenvalue weighted by molar-refractivity contribution is 5.88. The van der Waals surface area contributed by atoms with E-state index in [9.17, 15) is 4.79 Å². The summed E-state index contributed by atoms with van der Waals surface area (Å²) in [6.07, 6.45) is 0. The van der Waals surface area contributed by atoms with Crippen molar-refractivity contribution >= 4 is 16.7 Å². The molecule has 0 saturated heterocycles. The average molecular weight is 292 g/mol. The van der Waals surface area contributed by atoms with Gasteiger partial charge in [0.25, 0.3) is 0 Å². The van der Waals surface area contributed by atoms with E-state index < -0.39 is 5.97 Å². The number of hydrogen-bond donors (Lipinski definition) is 1. The lowest BCUT2D eigenvalue weighted by Crippen LogP contribution is -2.01. The first kappa shape index (κ1) is 14.1. The highest BCUT2D eigenvalue weighted by atomic mass is 16.5. The molecule has 0 aliphatic rings. The first-order chi connectivity index (χ1) is 10.6. The molecule has 22 heavy (non-hydrogen) atoms. The lowest BCUT2D eigenvalue weighted by Gasteiger charge is -2.09. The van der Waals surface area contributed by atoms with Crippen LogP contribution in [0.3, 0.4) is 0 Å². The number of fused-ring (bicyclic) bond motifs is 1. The molecule has 0 spiro atoms. The summed E-state index contributed by atoms with van der Waals surface area (Å²) in [4.78, 5) is 11.1. The van der Waals surface area contributed by atoms with Crippen molar-refractivity contribution in [3.63, 3.8) is 0 Å². The molecular weight excluding hydrogens is 276 g/mol. The molecule has 3 rings (SSSR count). The highest BCUT2D eigenvalue weighted by Gasteiger charge is 2.06. The van der Waals surface area contributed by atoms with Gasteiger partial charge in [-0.3, -0.25) is 0 Å². The molecule has 3 nitrogen and oxygen atoms in total. The molecule has 0 aromatic heterocycles. The summed E-state index contributed by atoms with van der Waals surface area (Å²) in [6.45, 7) is 2.23. The Morgan fingerprint density at radius 3 is 2.55 bits per heavy atom. The van der Waals surface area contributed by atoms with Crippen molar-refractivity contribution in [2.45, 2.75) is 13.5 Å². The zero-order chi connectivity index (χ0) is 15.5. The summed E-state index contributed by atoms with van der Waals surface area (Å²) in [5, 5.41) is 11.4. The van der Waals surface area contributed by atoms with Crippen molar-refractivity contribution in [3.05, 3.63) is 77.4 Å². The van der Waals surface area contributed by atoms with Gasteiger partial charge in [0.1, 0.15) is 12.4 Å². The Hall–Kier alpha value is -2.81. The van der Waals surface area contributed by atoms with E-state index in [-0.39, 0.29) is 5.56 Å². The molecule has 1 N–H and O–H groups in total. The third kappa shape index (κ3) is 3.09. The minimum absolute atomic E-state index is 0.289. The van der Waals surface area contributed by atoms with E-state index >= 15 is 0 Å². The van der Waals surface area contributed by atoms with Gasteiger partial charge in [0.2, 0.25) is 0 Å². The van der Waals surface area contributed by atoms with Crippen molar-refractivity contribution in [3.8, 4) is 5.75 Å². The molecule has 3 aromatic carbocycles. The van der Waals surface area contributed by atoms with Gasteiger partial charge < -0.3 is 9.84 Å². The van der Waals surface area contributed by atoms with Gasteiger partial charge in [-0.1, -0.05) is 36.4 Å². The number of carbonyl (C=O) groups is 1. The largest absolute Gasteiger partial charge is 0.489 e. The van der Waals surface area contributed by atoms with Gasteiger partial charge in [0.05, 0.1) is 5.56 Å². The van der Waals surface area contributed by atoms with Crippen LogP contribution in [0.2, 0.25) is 0 Å². The average Bonchev–Trinajstić information content (AvgIpc) is 2.52. The number of benzene rings is 3. The van der Waals surface area contributed by atoms with Gasteiger partial charge in [-0.05, 0) is 53.1 Å². The van der Waals surface area contributed by atoms with Gasteiger partial charge in [0, 0.05) is 0 Å². The fourth-order valence-electron chi connectivity index (χ4n) is 2.49. The van der Waals surface area contributed by atoms with Gasteiger partial charge in [-0.25, -0.2) is 4.79 Å². The fraction of sp³-hybridized carbons (Fsp3) is 0.105. The van der Waals surface area contributed by atoms with Crippen LogP contribution in [0.4, 0.5) is 0 Å². The van der Waals surface area contributed by atoms with Crippen LogP contribution in [-0.4, -0.2) is 11.1 Å². The third-order valence-corrected chi connectivity index (χ3v) is 3.51. The number of carboxylic acids is 1. The maximum atomic E-state index is 11.1.